The highest BCUT2D eigenvalue weighted by Gasteiger charge is 2.39. The van der Waals surface area contributed by atoms with E-state index >= 15 is 0 Å². The quantitative estimate of drug-likeness (QED) is 0.393. The van der Waals surface area contributed by atoms with Crippen LogP contribution in [0, 0.1) is 0 Å². The monoisotopic (exact) mass is 616 g/mol. The molecule has 45 heavy (non-hydrogen) atoms. The summed E-state index contributed by atoms with van der Waals surface area (Å²) in [5, 5.41) is 15.3. The van der Waals surface area contributed by atoms with Crippen molar-refractivity contribution in [2.45, 2.75) is 51.4 Å². The lowest BCUT2D eigenvalue weighted by molar-refractivity contribution is -0.123. The van der Waals surface area contributed by atoms with Gasteiger partial charge in [0.1, 0.15) is 23.4 Å². The lowest BCUT2D eigenvalue weighted by atomic mass is 10.1. The fraction of sp³-hybridized carbons (Fsp3) is 0.394. The van der Waals surface area contributed by atoms with Crippen LogP contribution in [0.2, 0.25) is 0 Å². The number of nitrogens with one attached hydrogen (secondary N) is 2. The predicted octanol–water partition coefficient (Wildman–Crippen LogP) is 2.85. The van der Waals surface area contributed by atoms with E-state index in [0.717, 1.165) is 36.5 Å². The third-order valence-electron chi connectivity index (χ3n) is 8.38. The van der Waals surface area contributed by atoms with Crippen molar-refractivity contribution >= 4 is 23.7 Å². The van der Waals surface area contributed by atoms with Crippen molar-refractivity contribution in [3.63, 3.8) is 0 Å². The Bertz CT molecular complexity index is 1590. The molecule has 2 aromatic carbocycles. The van der Waals surface area contributed by atoms with Gasteiger partial charge in [-0.25, -0.2) is 4.79 Å². The minimum atomic E-state index is -1.25. The summed E-state index contributed by atoms with van der Waals surface area (Å²) in [5.41, 5.74) is 1.71. The first kappa shape index (κ1) is 30.2. The number of rotatable bonds is 5. The highest BCUT2D eigenvalue weighted by Crippen LogP contribution is 2.26. The van der Waals surface area contributed by atoms with Crippen molar-refractivity contribution in [3.8, 4) is 11.5 Å². The predicted molar refractivity (Wildman–Crippen MR) is 161 cm³/mol. The number of aryl methyl sites for hydroxylation is 1. The first-order chi connectivity index (χ1) is 21.7. The van der Waals surface area contributed by atoms with E-state index in [1.165, 1.54) is 31.0 Å². The summed E-state index contributed by atoms with van der Waals surface area (Å²) in [6.45, 7) is 5.03. The fourth-order valence-corrected chi connectivity index (χ4v) is 5.99. The van der Waals surface area contributed by atoms with Crippen LogP contribution in [0.3, 0.4) is 0 Å². The minimum absolute atomic E-state index is 0.0345. The van der Waals surface area contributed by atoms with Crippen molar-refractivity contribution in [3.05, 3.63) is 82.3 Å². The number of fused-ring (bicyclic) bond motifs is 7. The lowest BCUT2D eigenvalue weighted by Gasteiger charge is -2.21. The molecular weight excluding hydrogens is 580 g/mol. The SMILES string of the molecule is CCc1oc(C(=O)N2C[C@@H]3NC(=O)c4cc(cc(C(=O)O)c4)OCC(=O)NCc4ccc(cc4)O[C@H]3C2)cc1CN1CCCC1. The van der Waals surface area contributed by atoms with Gasteiger partial charge < -0.3 is 34.5 Å². The molecular formula is C33H36N4O8. The van der Waals surface area contributed by atoms with Gasteiger partial charge in [0.2, 0.25) is 0 Å². The Morgan fingerprint density at radius 3 is 2.51 bits per heavy atom. The van der Waals surface area contributed by atoms with E-state index < -0.39 is 29.9 Å². The van der Waals surface area contributed by atoms with E-state index in [1.54, 1.807) is 17.0 Å². The molecule has 2 saturated heterocycles. The number of hydrogen-bond acceptors (Lipinski definition) is 8. The van der Waals surface area contributed by atoms with Crippen LogP contribution in [0.1, 0.15) is 67.9 Å². The molecule has 12 nitrogen and oxygen atoms in total. The molecule has 2 atom stereocenters. The number of carboxylic acids is 1. The van der Waals surface area contributed by atoms with Crippen molar-refractivity contribution in [2.24, 2.45) is 0 Å². The van der Waals surface area contributed by atoms with Gasteiger partial charge in [-0.1, -0.05) is 19.1 Å². The number of furan rings is 1. The molecule has 3 amide bonds. The Hall–Kier alpha value is -4.84. The van der Waals surface area contributed by atoms with Crippen LogP contribution in [-0.4, -0.2) is 83.5 Å². The average Bonchev–Trinajstić information content (AvgIpc) is 3.80. The molecule has 7 rings (SSSR count). The third kappa shape index (κ3) is 6.96. The number of likely N-dealkylation sites (tertiary alicyclic amines) is 2. The summed E-state index contributed by atoms with van der Waals surface area (Å²) in [4.78, 5) is 55.4. The molecule has 12 heteroatoms. The number of carboxylic acid groups (broad SMARTS) is 1. The first-order valence-electron chi connectivity index (χ1n) is 15.2. The van der Waals surface area contributed by atoms with Gasteiger partial charge in [-0.15, -0.1) is 0 Å². The summed E-state index contributed by atoms with van der Waals surface area (Å²) in [7, 11) is 0. The summed E-state index contributed by atoms with van der Waals surface area (Å²) in [5.74, 6) is -0.875. The molecule has 4 bridgehead atoms. The Morgan fingerprint density at radius 1 is 1.00 bits per heavy atom. The second kappa shape index (κ2) is 13.0. The van der Waals surface area contributed by atoms with E-state index in [0.29, 0.717) is 12.2 Å². The van der Waals surface area contributed by atoms with E-state index in [1.807, 2.05) is 25.1 Å². The van der Waals surface area contributed by atoms with Gasteiger partial charge in [-0.05, 0) is 67.9 Å². The molecule has 3 N–H and O–H groups in total. The van der Waals surface area contributed by atoms with Crippen molar-refractivity contribution in [2.75, 3.05) is 32.8 Å². The maximum absolute atomic E-state index is 13.8. The minimum Gasteiger partial charge on any atom is -0.486 e. The van der Waals surface area contributed by atoms with Crippen LogP contribution in [0.5, 0.6) is 11.5 Å². The molecule has 0 aliphatic carbocycles. The van der Waals surface area contributed by atoms with Crippen LogP contribution >= 0.6 is 0 Å². The molecule has 3 aromatic rings. The van der Waals surface area contributed by atoms with Crippen molar-refractivity contribution in [1.82, 2.24) is 20.4 Å². The second-order valence-electron chi connectivity index (χ2n) is 11.6. The molecule has 0 saturated carbocycles. The topological polar surface area (TPSA) is 151 Å². The average molecular weight is 617 g/mol. The normalized spacial score (nSPS) is 20.5. The van der Waals surface area contributed by atoms with Gasteiger partial charge in [0.05, 0.1) is 18.2 Å². The summed E-state index contributed by atoms with van der Waals surface area (Å²) < 4.78 is 17.9. The van der Waals surface area contributed by atoms with Crippen LogP contribution in [0.25, 0.3) is 0 Å². The number of carbonyl (C=O) groups excluding carboxylic acids is 3. The molecule has 0 radical (unpaired) electrons. The Kier molecular flexibility index (Phi) is 8.74. The molecule has 2 fully saturated rings. The summed E-state index contributed by atoms with van der Waals surface area (Å²) in [6.07, 6.45) is 2.40. The number of benzene rings is 2. The number of carbonyl (C=O) groups is 4. The number of hydrogen-bond donors (Lipinski definition) is 3. The van der Waals surface area contributed by atoms with Gasteiger partial charge >= 0.3 is 5.97 Å². The van der Waals surface area contributed by atoms with Crippen molar-refractivity contribution < 1.29 is 38.2 Å². The molecule has 0 unspecified atom stereocenters. The van der Waals surface area contributed by atoms with Crippen LogP contribution in [-0.2, 0) is 24.3 Å². The van der Waals surface area contributed by atoms with Gasteiger partial charge in [-0.2, -0.15) is 0 Å². The zero-order valence-electron chi connectivity index (χ0n) is 25.0. The van der Waals surface area contributed by atoms with Crippen LogP contribution < -0.4 is 20.1 Å². The number of ether oxygens (including phenoxy) is 2. The van der Waals surface area contributed by atoms with Gasteiger partial charge in [0, 0.05) is 37.2 Å². The van der Waals surface area contributed by atoms with E-state index in [4.69, 9.17) is 13.9 Å². The Morgan fingerprint density at radius 2 is 1.78 bits per heavy atom. The molecule has 236 valence electrons. The maximum Gasteiger partial charge on any atom is 0.335 e. The number of nitrogens with zero attached hydrogens (tertiary/aromatic N) is 2. The fourth-order valence-electron chi connectivity index (χ4n) is 5.99. The number of amides is 3. The summed E-state index contributed by atoms with van der Waals surface area (Å²) >= 11 is 0. The standard InChI is InChI=1S/C33H36N4O8/c1-2-27-23(16-36-9-3-4-10-36)14-28(45-27)32(40)37-17-26-29(18-37)44-24-7-5-20(6-8-24)15-34-30(38)19-43-25-12-21(31(39)35-26)11-22(13-25)33(41)42/h5-8,11-14,26,29H,2-4,9-10,15-19H2,1H3,(H,34,38)(H,35,39)(H,41,42)/t26-,29-/m0/s1. The molecule has 5 heterocycles. The largest absolute Gasteiger partial charge is 0.486 e. The smallest absolute Gasteiger partial charge is 0.335 e. The molecule has 1 aromatic heterocycles. The summed E-state index contributed by atoms with van der Waals surface area (Å²) in [6, 6.07) is 12.3. The molecule has 4 aliphatic rings. The van der Waals surface area contributed by atoms with Gasteiger partial charge in [-0.3, -0.25) is 19.3 Å². The number of aromatic carboxylic acids is 1. The van der Waals surface area contributed by atoms with Gasteiger partial charge in [0.25, 0.3) is 17.7 Å². The van der Waals surface area contributed by atoms with Crippen molar-refractivity contribution in [1.29, 1.82) is 0 Å². The van der Waals surface area contributed by atoms with E-state index in [9.17, 15) is 24.3 Å². The van der Waals surface area contributed by atoms with E-state index in [2.05, 4.69) is 15.5 Å². The Labute approximate surface area is 260 Å². The second-order valence-corrected chi connectivity index (χ2v) is 11.6. The van der Waals surface area contributed by atoms with Crippen LogP contribution in [0.15, 0.2) is 52.9 Å². The zero-order valence-corrected chi connectivity index (χ0v) is 25.0. The highest BCUT2D eigenvalue weighted by molar-refractivity contribution is 5.98. The Balaban J connectivity index is 1.27. The highest BCUT2D eigenvalue weighted by atomic mass is 16.5. The maximum atomic E-state index is 13.8. The lowest BCUT2D eigenvalue weighted by Crippen LogP contribution is -2.45. The molecule has 4 aliphatic heterocycles. The van der Waals surface area contributed by atoms with Gasteiger partial charge in [0.15, 0.2) is 12.4 Å². The third-order valence-corrected chi connectivity index (χ3v) is 8.38. The van der Waals surface area contributed by atoms with E-state index in [-0.39, 0.29) is 54.8 Å². The molecule has 0 spiro atoms. The first-order valence-corrected chi connectivity index (χ1v) is 15.2. The van der Waals surface area contributed by atoms with Crippen LogP contribution in [0.4, 0.5) is 0 Å². The zero-order chi connectivity index (χ0) is 31.5.